The summed E-state index contributed by atoms with van der Waals surface area (Å²) >= 11 is 0. The molecule has 27 heavy (non-hydrogen) atoms. The Kier molecular flexibility index (Phi) is 4.59. The standard InChI is InChI=1S/C15H12F2N6O3S/c16-10-5-2-6-11(17)12(10)13(24)23-15(21-14(18)22-23)20-8-3-1-4-9(7-8)27(19,25)26/h1-7H,(H2,19,25,26)(H3,18,20,21,22). The summed E-state index contributed by atoms with van der Waals surface area (Å²) in [5, 5.41) is 11.3. The van der Waals surface area contributed by atoms with Crippen LogP contribution in [0.15, 0.2) is 47.4 Å². The minimum Gasteiger partial charge on any atom is -0.366 e. The summed E-state index contributed by atoms with van der Waals surface area (Å²) in [5.74, 6) is -3.94. The largest absolute Gasteiger partial charge is 0.366 e. The molecule has 0 atom stereocenters. The summed E-state index contributed by atoms with van der Waals surface area (Å²) in [6.45, 7) is 0. The number of carbonyl (C=O) groups is 1. The number of rotatable bonds is 4. The van der Waals surface area contributed by atoms with Gasteiger partial charge in [0, 0.05) is 5.69 Å². The molecular weight excluding hydrogens is 382 g/mol. The number of halogens is 2. The second-order valence-corrected chi connectivity index (χ2v) is 6.87. The number of anilines is 3. The number of nitrogen functional groups attached to an aromatic ring is 1. The van der Waals surface area contributed by atoms with Crippen LogP contribution in [0.4, 0.5) is 26.4 Å². The molecule has 9 nitrogen and oxygen atoms in total. The molecule has 0 saturated carbocycles. The Labute approximate surface area is 151 Å². The van der Waals surface area contributed by atoms with Crippen LogP contribution in [-0.4, -0.2) is 29.1 Å². The second kappa shape index (κ2) is 6.74. The van der Waals surface area contributed by atoms with Gasteiger partial charge in [0.1, 0.15) is 17.2 Å². The fourth-order valence-electron chi connectivity index (χ4n) is 2.24. The number of hydrogen-bond acceptors (Lipinski definition) is 7. The highest BCUT2D eigenvalue weighted by Gasteiger charge is 2.23. The van der Waals surface area contributed by atoms with E-state index >= 15 is 0 Å². The zero-order chi connectivity index (χ0) is 19.8. The molecule has 3 aromatic rings. The number of hydrogen-bond donors (Lipinski definition) is 3. The molecule has 0 saturated heterocycles. The van der Waals surface area contributed by atoms with Gasteiger partial charge in [0.15, 0.2) is 0 Å². The van der Waals surface area contributed by atoms with Crippen molar-refractivity contribution in [3.8, 4) is 0 Å². The van der Waals surface area contributed by atoms with Gasteiger partial charge in [0.25, 0.3) is 5.91 Å². The van der Waals surface area contributed by atoms with Crippen LogP contribution in [0.2, 0.25) is 0 Å². The van der Waals surface area contributed by atoms with Crippen molar-refractivity contribution in [1.29, 1.82) is 0 Å². The lowest BCUT2D eigenvalue weighted by molar-refractivity contribution is 0.0939. The molecule has 1 heterocycles. The smallest absolute Gasteiger partial charge is 0.287 e. The first-order valence-electron chi connectivity index (χ1n) is 7.28. The summed E-state index contributed by atoms with van der Waals surface area (Å²) < 4.78 is 51.2. The Morgan fingerprint density at radius 3 is 2.37 bits per heavy atom. The first-order chi connectivity index (χ1) is 12.7. The van der Waals surface area contributed by atoms with Gasteiger partial charge in [-0.3, -0.25) is 4.79 Å². The van der Waals surface area contributed by atoms with E-state index in [4.69, 9.17) is 10.9 Å². The Hall–Kier alpha value is -3.38. The molecule has 1 aromatic heterocycles. The lowest BCUT2D eigenvalue weighted by atomic mass is 10.2. The summed E-state index contributed by atoms with van der Waals surface area (Å²) in [5.41, 5.74) is 4.82. The number of aromatic nitrogens is 3. The van der Waals surface area contributed by atoms with Crippen molar-refractivity contribution in [1.82, 2.24) is 14.8 Å². The fraction of sp³-hybridized carbons (Fsp3) is 0. The Bertz CT molecular complexity index is 1130. The van der Waals surface area contributed by atoms with Crippen LogP contribution in [-0.2, 0) is 10.0 Å². The first-order valence-corrected chi connectivity index (χ1v) is 8.82. The van der Waals surface area contributed by atoms with Crippen LogP contribution in [0.5, 0.6) is 0 Å². The molecule has 0 bridgehead atoms. The average Bonchev–Trinajstić information content (AvgIpc) is 2.94. The van der Waals surface area contributed by atoms with E-state index in [0.29, 0.717) is 4.68 Å². The Balaban J connectivity index is 2.02. The van der Waals surface area contributed by atoms with Gasteiger partial charge < -0.3 is 11.1 Å². The number of nitrogens with zero attached hydrogens (tertiary/aromatic N) is 3. The van der Waals surface area contributed by atoms with Crippen LogP contribution >= 0.6 is 0 Å². The molecule has 0 unspecified atom stereocenters. The van der Waals surface area contributed by atoms with E-state index in [1.807, 2.05) is 0 Å². The number of sulfonamides is 1. The van der Waals surface area contributed by atoms with E-state index in [0.717, 1.165) is 18.2 Å². The first kappa shape index (κ1) is 18.4. The third-order valence-electron chi connectivity index (χ3n) is 3.41. The van der Waals surface area contributed by atoms with Crippen molar-refractivity contribution in [2.45, 2.75) is 4.90 Å². The van der Waals surface area contributed by atoms with Crippen LogP contribution < -0.4 is 16.2 Å². The monoisotopic (exact) mass is 394 g/mol. The average molecular weight is 394 g/mol. The summed E-state index contributed by atoms with van der Waals surface area (Å²) in [4.78, 5) is 16.1. The van der Waals surface area contributed by atoms with Gasteiger partial charge >= 0.3 is 0 Å². The van der Waals surface area contributed by atoms with Crippen LogP contribution in [0.1, 0.15) is 10.4 Å². The minimum absolute atomic E-state index is 0.178. The van der Waals surface area contributed by atoms with Crippen LogP contribution in [0.3, 0.4) is 0 Å². The minimum atomic E-state index is -3.97. The highest BCUT2D eigenvalue weighted by atomic mass is 32.2. The summed E-state index contributed by atoms with van der Waals surface area (Å²) in [6, 6.07) is 8.23. The zero-order valence-electron chi connectivity index (χ0n) is 13.4. The molecule has 12 heteroatoms. The van der Waals surface area contributed by atoms with E-state index in [1.165, 1.54) is 24.3 Å². The molecule has 0 amide bonds. The highest BCUT2D eigenvalue weighted by molar-refractivity contribution is 7.89. The lowest BCUT2D eigenvalue weighted by Gasteiger charge is -2.09. The van der Waals surface area contributed by atoms with E-state index in [1.54, 1.807) is 0 Å². The van der Waals surface area contributed by atoms with Gasteiger partial charge in [-0.25, -0.2) is 22.3 Å². The Morgan fingerprint density at radius 2 is 1.74 bits per heavy atom. The molecular formula is C15H12F2N6O3S. The van der Waals surface area contributed by atoms with Gasteiger partial charge in [-0.15, -0.1) is 5.10 Å². The maximum Gasteiger partial charge on any atom is 0.287 e. The second-order valence-electron chi connectivity index (χ2n) is 5.31. The SMILES string of the molecule is Nc1nc(Nc2cccc(S(N)(=O)=O)c2)n(C(=O)c2c(F)cccc2F)n1. The van der Waals surface area contributed by atoms with E-state index in [9.17, 15) is 22.0 Å². The quantitative estimate of drug-likeness (QED) is 0.603. The van der Waals surface area contributed by atoms with Crippen molar-refractivity contribution in [3.05, 3.63) is 59.7 Å². The van der Waals surface area contributed by atoms with Gasteiger partial charge in [0.2, 0.25) is 21.9 Å². The third kappa shape index (κ3) is 3.75. The molecule has 0 radical (unpaired) electrons. The molecule has 2 aromatic carbocycles. The van der Waals surface area contributed by atoms with Crippen molar-refractivity contribution in [3.63, 3.8) is 0 Å². The van der Waals surface area contributed by atoms with Crippen molar-refractivity contribution < 1.29 is 22.0 Å². The summed E-state index contributed by atoms with van der Waals surface area (Å²) in [6.07, 6.45) is 0. The van der Waals surface area contributed by atoms with E-state index < -0.39 is 33.1 Å². The zero-order valence-corrected chi connectivity index (χ0v) is 14.2. The number of carbonyl (C=O) groups excluding carboxylic acids is 1. The number of nitrogens with two attached hydrogens (primary N) is 2. The molecule has 0 aliphatic heterocycles. The molecule has 140 valence electrons. The predicted octanol–water partition coefficient (Wildman–Crippen LogP) is 1.22. The number of nitrogens with one attached hydrogen (secondary N) is 1. The van der Waals surface area contributed by atoms with Crippen LogP contribution in [0, 0.1) is 11.6 Å². The molecule has 0 aliphatic carbocycles. The van der Waals surface area contributed by atoms with Crippen molar-refractivity contribution >= 4 is 33.5 Å². The normalized spacial score (nSPS) is 11.4. The fourth-order valence-corrected chi connectivity index (χ4v) is 2.80. The molecule has 0 aliphatic rings. The van der Waals surface area contributed by atoms with Gasteiger partial charge in [-0.1, -0.05) is 12.1 Å². The highest BCUT2D eigenvalue weighted by Crippen LogP contribution is 2.21. The van der Waals surface area contributed by atoms with E-state index in [-0.39, 0.29) is 22.5 Å². The third-order valence-corrected chi connectivity index (χ3v) is 4.32. The van der Waals surface area contributed by atoms with E-state index in [2.05, 4.69) is 15.4 Å². The van der Waals surface area contributed by atoms with Gasteiger partial charge in [-0.2, -0.15) is 9.67 Å². The maximum atomic E-state index is 13.9. The lowest BCUT2D eigenvalue weighted by Crippen LogP contribution is -2.19. The Morgan fingerprint density at radius 1 is 1.11 bits per heavy atom. The molecule has 0 spiro atoms. The molecule has 0 fully saturated rings. The maximum absolute atomic E-state index is 13.9. The van der Waals surface area contributed by atoms with Gasteiger partial charge in [-0.05, 0) is 30.3 Å². The predicted molar refractivity (Wildman–Crippen MR) is 91.6 cm³/mol. The van der Waals surface area contributed by atoms with Crippen LogP contribution in [0.25, 0.3) is 0 Å². The van der Waals surface area contributed by atoms with Crippen molar-refractivity contribution in [2.75, 3.05) is 11.1 Å². The van der Waals surface area contributed by atoms with Gasteiger partial charge in [0.05, 0.1) is 4.90 Å². The number of benzene rings is 2. The van der Waals surface area contributed by atoms with Crippen molar-refractivity contribution in [2.24, 2.45) is 5.14 Å². The summed E-state index contributed by atoms with van der Waals surface area (Å²) in [7, 11) is -3.97. The molecule has 3 rings (SSSR count). The topological polar surface area (TPSA) is 146 Å². The number of primary sulfonamides is 1. The molecule has 5 N–H and O–H groups in total.